The average Bonchev–Trinajstić information content (AvgIpc) is 2.01. The Kier molecular flexibility index (Phi) is 7.29. The third-order valence-electron chi connectivity index (χ3n) is 1.66. The summed E-state index contributed by atoms with van der Waals surface area (Å²) in [6.45, 7) is 3.97. The standard InChI is InChI=1S/C10H18O/c1-3-5-7-9-10(11)8-6-4-2/h10-11H,3,5,7-9H2,1-2H3/t10-/m1/s1. The summed E-state index contributed by atoms with van der Waals surface area (Å²) in [7, 11) is 0. The Morgan fingerprint density at radius 1 is 1.36 bits per heavy atom. The van der Waals surface area contributed by atoms with Crippen molar-refractivity contribution in [2.75, 3.05) is 0 Å². The Morgan fingerprint density at radius 2 is 2.09 bits per heavy atom. The van der Waals surface area contributed by atoms with Crippen molar-refractivity contribution in [3.05, 3.63) is 0 Å². The Hall–Kier alpha value is -0.480. The maximum atomic E-state index is 9.30. The molecule has 0 aromatic rings. The van der Waals surface area contributed by atoms with Crippen LogP contribution in [0.5, 0.6) is 0 Å². The normalized spacial score (nSPS) is 11.9. The predicted molar refractivity (Wildman–Crippen MR) is 48.2 cm³/mol. The van der Waals surface area contributed by atoms with Crippen LogP contribution in [0.25, 0.3) is 0 Å². The van der Waals surface area contributed by atoms with Gasteiger partial charge in [-0.25, -0.2) is 0 Å². The smallest absolute Gasteiger partial charge is 0.0649 e. The zero-order chi connectivity index (χ0) is 8.53. The molecule has 0 rings (SSSR count). The van der Waals surface area contributed by atoms with E-state index in [-0.39, 0.29) is 6.10 Å². The second kappa shape index (κ2) is 7.63. The second-order valence-electron chi connectivity index (χ2n) is 2.78. The van der Waals surface area contributed by atoms with E-state index in [9.17, 15) is 5.11 Å². The van der Waals surface area contributed by atoms with E-state index in [1.165, 1.54) is 12.8 Å². The van der Waals surface area contributed by atoms with Crippen LogP contribution in [0, 0.1) is 11.8 Å². The first-order chi connectivity index (χ1) is 5.31. The maximum absolute atomic E-state index is 9.30. The molecule has 0 aliphatic rings. The maximum Gasteiger partial charge on any atom is 0.0649 e. The highest BCUT2D eigenvalue weighted by atomic mass is 16.3. The van der Waals surface area contributed by atoms with Gasteiger partial charge in [0.05, 0.1) is 6.10 Å². The molecule has 1 N–H and O–H groups in total. The molecule has 0 unspecified atom stereocenters. The quantitative estimate of drug-likeness (QED) is 0.476. The fourth-order valence-electron chi connectivity index (χ4n) is 0.952. The molecule has 0 aromatic carbocycles. The molecule has 0 aliphatic carbocycles. The van der Waals surface area contributed by atoms with Crippen LogP contribution in [0.3, 0.4) is 0 Å². The second-order valence-corrected chi connectivity index (χ2v) is 2.78. The Morgan fingerprint density at radius 3 is 2.64 bits per heavy atom. The fourth-order valence-corrected chi connectivity index (χ4v) is 0.952. The first-order valence-electron chi connectivity index (χ1n) is 4.39. The largest absolute Gasteiger partial charge is 0.392 e. The van der Waals surface area contributed by atoms with E-state index in [2.05, 4.69) is 18.8 Å². The molecule has 11 heavy (non-hydrogen) atoms. The minimum absolute atomic E-state index is 0.200. The number of rotatable bonds is 5. The Balaban J connectivity index is 3.19. The van der Waals surface area contributed by atoms with Gasteiger partial charge in [0.25, 0.3) is 0 Å². The minimum atomic E-state index is -0.200. The number of aliphatic hydroxyl groups excluding tert-OH is 1. The van der Waals surface area contributed by atoms with Gasteiger partial charge in [0, 0.05) is 6.42 Å². The minimum Gasteiger partial charge on any atom is -0.392 e. The van der Waals surface area contributed by atoms with Crippen LogP contribution in [0.4, 0.5) is 0 Å². The molecule has 1 nitrogen and oxygen atoms in total. The van der Waals surface area contributed by atoms with Gasteiger partial charge in [-0.1, -0.05) is 26.2 Å². The van der Waals surface area contributed by atoms with Crippen LogP contribution in [0.15, 0.2) is 0 Å². The fraction of sp³-hybridized carbons (Fsp3) is 0.800. The number of unbranched alkanes of at least 4 members (excludes halogenated alkanes) is 2. The van der Waals surface area contributed by atoms with E-state index < -0.39 is 0 Å². The molecule has 1 heteroatoms. The van der Waals surface area contributed by atoms with Gasteiger partial charge in [0.15, 0.2) is 0 Å². The first kappa shape index (κ1) is 10.5. The Labute approximate surface area is 69.8 Å². The highest BCUT2D eigenvalue weighted by molar-refractivity contribution is 4.96. The lowest BCUT2D eigenvalue weighted by atomic mass is 10.1. The van der Waals surface area contributed by atoms with Crippen LogP contribution in [0.2, 0.25) is 0 Å². The summed E-state index contributed by atoms with van der Waals surface area (Å²) < 4.78 is 0. The lowest BCUT2D eigenvalue weighted by molar-refractivity contribution is 0.166. The van der Waals surface area contributed by atoms with Crippen LogP contribution >= 0.6 is 0 Å². The third-order valence-corrected chi connectivity index (χ3v) is 1.66. The SMILES string of the molecule is CC#CC[C@@H](O)CCCCC. The average molecular weight is 154 g/mol. The van der Waals surface area contributed by atoms with Gasteiger partial charge in [0.1, 0.15) is 0 Å². The summed E-state index contributed by atoms with van der Waals surface area (Å²) in [6.07, 6.45) is 4.91. The zero-order valence-corrected chi connectivity index (χ0v) is 7.56. The van der Waals surface area contributed by atoms with Gasteiger partial charge < -0.3 is 5.11 Å². The van der Waals surface area contributed by atoms with Crippen LogP contribution in [-0.2, 0) is 0 Å². The lowest BCUT2D eigenvalue weighted by Crippen LogP contribution is -2.04. The van der Waals surface area contributed by atoms with E-state index in [1.54, 1.807) is 6.92 Å². The number of hydrogen-bond donors (Lipinski definition) is 1. The van der Waals surface area contributed by atoms with Crippen LogP contribution in [0.1, 0.15) is 46.0 Å². The van der Waals surface area contributed by atoms with Gasteiger partial charge in [-0.15, -0.1) is 11.8 Å². The van der Waals surface area contributed by atoms with Gasteiger partial charge >= 0.3 is 0 Å². The molecule has 0 aromatic heterocycles. The molecule has 0 saturated carbocycles. The van der Waals surface area contributed by atoms with E-state index in [4.69, 9.17) is 0 Å². The van der Waals surface area contributed by atoms with Crippen molar-refractivity contribution < 1.29 is 5.11 Å². The summed E-state index contributed by atoms with van der Waals surface area (Å²) in [5.41, 5.74) is 0. The van der Waals surface area contributed by atoms with Crippen molar-refractivity contribution >= 4 is 0 Å². The summed E-state index contributed by atoms with van der Waals surface area (Å²) in [6, 6.07) is 0. The molecule has 1 atom stereocenters. The molecule has 0 radical (unpaired) electrons. The zero-order valence-electron chi connectivity index (χ0n) is 7.56. The van der Waals surface area contributed by atoms with Crippen molar-refractivity contribution in [3.8, 4) is 11.8 Å². The lowest BCUT2D eigenvalue weighted by Gasteiger charge is -2.04. The molecule has 0 fully saturated rings. The molecule has 0 bridgehead atoms. The Bertz CT molecular complexity index is 130. The first-order valence-corrected chi connectivity index (χ1v) is 4.39. The molecule has 0 amide bonds. The number of hydrogen-bond acceptors (Lipinski definition) is 1. The predicted octanol–water partition coefficient (Wildman–Crippen LogP) is 2.34. The molecule has 64 valence electrons. The molecule has 0 spiro atoms. The van der Waals surface area contributed by atoms with Gasteiger partial charge in [-0.2, -0.15) is 0 Å². The van der Waals surface area contributed by atoms with Crippen molar-refractivity contribution in [1.29, 1.82) is 0 Å². The van der Waals surface area contributed by atoms with Crippen LogP contribution < -0.4 is 0 Å². The van der Waals surface area contributed by atoms with E-state index >= 15 is 0 Å². The topological polar surface area (TPSA) is 20.2 Å². The summed E-state index contributed by atoms with van der Waals surface area (Å²) in [4.78, 5) is 0. The van der Waals surface area contributed by atoms with E-state index in [0.717, 1.165) is 12.8 Å². The molecular formula is C10H18O. The van der Waals surface area contributed by atoms with Crippen LogP contribution in [-0.4, -0.2) is 11.2 Å². The molecule has 0 aliphatic heterocycles. The summed E-state index contributed by atoms with van der Waals surface area (Å²) in [5, 5.41) is 9.30. The monoisotopic (exact) mass is 154 g/mol. The summed E-state index contributed by atoms with van der Waals surface area (Å²) >= 11 is 0. The van der Waals surface area contributed by atoms with Crippen molar-refractivity contribution in [2.45, 2.75) is 52.1 Å². The van der Waals surface area contributed by atoms with Crippen molar-refractivity contribution in [1.82, 2.24) is 0 Å². The van der Waals surface area contributed by atoms with E-state index in [1.807, 2.05) is 0 Å². The van der Waals surface area contributed by atoms with Gasteiger partial charge in [0.2, 0.25) is 0 Å². The third kappa shape index (κ3) is 7.42. The van der Waals surface area contributed by atoms with Gasteiger partial charge in [-0.05, 0) is 13.3 Å². The van der Waals surface area contributed by atoms with Crippen molar-refractivity contribution in [3.63, 3.8) is 0 Å². The van der Waals surface area contributed by atoms with Gasteiger partial charge in [-0.3, -0.25) is 0 Å². The highest BCUT2D eigenvalue weighted by Gasteiger charge is 1.99. The van der Waals surface area contributed by atoms with Crippen molar-refractivity contribution in [2.24, 2.45) is 0 Å². The summed E-state index contributed by atoms with van der Waals surface area (Å²) in [5.74, 6) is 5.65. The molecule has 0 saturated heterocycles. The highest BCUT2D eigenvalue weighted by Crippen LogP contribution is 2.05. The molecule has 0 heterocycles. The van der Waals surface area contributed by atoms with E-state index in [0.29, 0.717) is 6.42 Å². The number of aliphatic hydroxyl groups is 1. The molecular weight excluding hydrogens is 136 g/mol.